The van der Waals surface area contributed by atoms with Gasteiger partial charge >= 0.3 is 5.97 Å². The molecule has 80 valence electrons. The zero-order chi connectivity index (χ0) is 10.8. The minimum atomic E-state index is -0.276. The normalized spacial score (nSPS) is 36.3. The molecule has 0 N–H and O–H groups in total. The smallest absolute Gasteiger partial charge is 0.311 e. The number of fused-ring (bicyclic) bond motifs is 2. The van der Waals surface area contributed by atoms with Crippen molar-refractivity contribution < 1.29 is 14.3 Å². The molecule has 15 heavy (non-hydrogen) atoms. The van der Waals surface area contributed by atoms with Gasteiger partial charge in [0.05, 0.1) is 18.6 Å². The molecule has 2 rings (SSSR count). The molecule has 0 aromatic carbocycles. The van der Waals surface area contributed by atoms with Crippen molar-refractivity contribution in [3.63, 3.8) is 0 Å². The number of hydrogen-bond donors (Lipinski definition) is 0. The molecule has 2 aliphatic carbocycles. The Bertz CT molecular complexity index is 344. The van der Waals surface area contributed by atoms with E-state index in [-0.39, 0.29) is 29.8 Å². The maximum atomic E-state index is 11.7. The molecule has 4 nitrogen and oxygen atoms in total. The van der Waals surface area contributed by atoms with Crippen LogP contribution >= 0.6 is 0 Å². The lowest BCUT2D eigenvalue weighted by Crippen LogP contribution is -2.32. The molecule has 0 amide bonds. The van der Waals surface area contributed by atoms with Crippen LogP contribution in [0.1, 0.15) is 13.3 Å². The predicted molar refractivity (Wildman–Crippen MR) is 52.8 cm³/mol. The number of nitrogens with zero attached hydrogens (tertiary/aromatic N) is 1. The quantitative estimate of drug-likeness (QED) is 0.301. The highest BCUT2D eigenvalue weighted by Gasteiger charge is 2.49. The number of isocyanates is 1. The number of rotatable bonds is 3. The number of carbonyl (C=O) groups is 1. The number of allylic oxidation sites excluding steroid dienone is 1. The maximum Gasteiger partial charge on any atom is 0.311 e. The van der Waals surface area contributed by atoms with Crippen LogP contribution in [0.2, 0.25) is 0 Å². The Morgan fingerprint density at radius 3 is 2.93 bits per heavy atom. The van der Waals surface area contributed by atoms with E-state index >= 15 is 0 Å². The molecule has 4 heteroatoms. The molecular weight excluding hydrogens is 194 g/mol. The molecule has 0 spiro atoms. The van der Waals surface area contributed by atoms with Crippen LogP contribution in [0.25, 0.3) is 0 Å². The number of esters is 1. The van der Waals surface area contributed by atoms with Gasteiger partial charge in [-0.2, -0.15) is 0 Å². The van der Waals surface area contributed by atoms with Gasteiger partial charge in [-0.05, 0) is 19.3 Å². The summed E-state index contributed by atoms with van der Waals surface area (Å²) in [5.74, 6) is -0.109. The van der Waals surface area contributed by atoms with Crippen LogP contribution in [0.3, 0.4) is 0 Å². The average molecular weight is 207 g/mol. The van der Waals surface area contributed by atoms with Gasteiger partial charge in [0.2, 0.25) is 6.08 Å². The topological polar surface area (TPSA) is 55.7 Å². The minimum Gasteiger partial charge on any atom is -0.466 e. The lowest BCUT2D eigenvalue weighted by atomic mass is 9.89. The third-order valence-corrected chi connectivity index (χ3v) is 3.18. The predicted octanol–water partition coefficient (Wildman–Crippen LogP) is 1.08. The van der Waals surface area contributed by atoms with E-state index in [2.05, 4.69) is 4.99 Å². The van der Waals surface area contributed by atoms with E-state index < -0.39 is 0 Å². The molecule has 0 aromatic rings. The van der Waals surface area contributed by atoms with Gasteiger partial charge in [-0.3, -0.25) is 4.79 Å². The Morgan fingerprint density at radius 1 is 1.53 bits per heavy atom. The van der Waals surface area contributed by atoms with E-state index in [0.717, 1.165) is 6.42 Å². The Balaban J connectivity index is 2.18. The van der Waals surface area contributed by atoms with Crippen LogP contribution in [-0.4, -0.2) is 24.7 Å². The standard InChI is InChI=1S/C11H13NO3/c1-2-15-11(14)9-7-3-4-8(5-7)10(9)12-6-13/h3-4,7-10H,2,5H2,1H3. The summed E-state index contributed by atoms with van der Waals surface area (Å²) in [6.45, 7) is 2.15. The van der Waals surface area contributed by atoms with E-state index in [1.54, 1.807) is 13.0 Å². The number of aliphatic imine (C=N–C) groups is 1. The third kappa shape index (κ3) is 1.61. The van der Waals surface area contributed by atoms with E-state index in [4.69, 9.17) is 4.74 Å². The van der Waals surface area contributed by atoms with Gasteiger partial charge in [0.15, 0.2) is 0 Å². The molecule has 4 unspecified atom stereocenters. The second-order valence-corrected chi connectivity index (χ2v) is 3.94. The van der Waals surface area contributed by atoms with Crippen molar-refractivity contribution in [2.75, 3.05) is 6.61 Å². The van der Waals surface area contributed by atoms with Gasteiger partial charge in [0.1, 0.15) is 0 Å². The summed E-state index contributed by atoms with van der Waals surface area (Å²) in [6.07, 6.45) is 6.52. The largest absolute Gasteiger partial charge is 0.466 e. The van der Waals surface area contributed by atoms with Gasteiger partial charge in [0.25, 0.3) is 0 Å². The second-order valence-electron chi connectivity index (χ2n) is 3.94. The van der Waals surface area contributed by atoms with Gasteiger partial charge in [-0.15, -0.1) is 0 Å². The fourth-order valence-electron chi connectivity index (χ4n) is 2.59. The summed E-state index contributed by atoms with van der Waals surface area (Å²) in [5.41, 5.74) is 0. The molecule has 0 radical (unpaired) electrons. The van der Waals surface area contributed by atoms with E-state index in [1.807, 2.05) is 12.2 Å². The fraction of sp³-hybridized carbons (Fsp3) is 0.636. The molecular formula is C11H13NO3. The van der Waals surface area contributed by atoms with Crippen LogP contribution < -0.4 is 0 Å². The Kier molecular flexibility index (Phi) is 2.69. The molecule has 0 aliphatic heterocycles. The Morgan fingerprint density at radius 2 is 2.27 bits per heavy atom. The lowest BCUT2D eigenvalue weighted by Gasteiger charge is -2.21. The van der Waals surface area contributed by atoms with Crippen molar-refractivity contribution >= 4 is 12.0 Å². The lowest BCUT2D eigenvalue weighted by molar-refractivity contribution is -0.149. The summed E-state index contributed by atoms with van der Waals surface area (Å²) in [7, 11) is 0. The average Bonchev–Trinajstić information content (AvgIpc) is 2.78. The Hall–Kier alpha value is -1.41. The molecule has 0 heterocycles. The first-order valence-corrected chi connectivity index (χ1v) is 5.20. The summed E-state index contributed by atoms with van der Waals surface area (Å²) in [5, 5.41) is 0. The first kappa shape index (κ1) is 10.1. The summed E-state index contributed by atoms with van der Waals surface area (Å²) in [6, 6.07) is -0.253. The van der Waals surface area contributed by atoms with Crippen molar-refractivity contribution in [3.8, 4) is 0 Å². The molecule has 2 aliphatic rings. The molecule has 1 fully saturated rings. The van der Waals surface area contributed by atoms with Gasteiger partial charge in [-0.1, -0.05) is 12.2 Å². The van der Waals surface area contributed by atoms with Crippen LogP contribution in [0, 0.1) is 17.8 Å². The van der Waals surface area contributed by atoms with E-state index in [0.29, 0.717) is 6.61 Å². The number of hydrogen-bond acceptors (Lipinski definition) is 4. The number of carbonyl (C=O) groups excluding carboxylic acids is 2. The van der Waals surface area contributed by atoms with E-state index in [9.17, 15) is 9.59 Å². The van der Waals surface area contributed by atoms with Crippen LogP contribution in [0.15, 0.2) is 17.1 Å². The highest BCUT2D eigenvalue weighted by atomic mass is 16.5. The summed E-state index contributed by atoms with van der Waals surface area (Å²) < 4.78 is 4.99. The highest BCUT2D eigenvalue weighted by Crippen LogP contribution is 2.45. The van der Waals surface area contributed by atoms with Gasteiger partial charge in [-0.25, -0.2) is 9.79 Å². The van der Waals surface area contributed by atoms with E-state index in [1.165, 1.54) is 0 Å². The second kappa shape index (κ2) is 3.99. The van der Waals surface area contributed by atoms with Crippen LogP contribution in [0.4, 0.5) is 0 Å². The summed E-state index contributed by atoms with van der Waals surface area (Å²) in [4.78, 5) is 25.7. The minimum absolute atomic E-state index is 0.191. The van der Waals surface area contributed by atoms with Crippen molar-refractivity contribution in [2.45, 2.75) is 19.4 Å². The fourth-order valence-corrected chi connectivity index (χ4v) is 2.59. The first-order valence-electron chi connectivity index (χ1n) is 5.20. The number of ether oxygens (including phenoxy) is 1. The highest BCUT2D eigenvalue weighted by molar-refractivity contribution is 5.75. The zero-order valence-corrected chi connectivity index (χ0v) is 8.55. The molecule has 0 aromatic heterocycles. The molecule has 1 saturated carbocycles. The van der Waals surface area contributed by atoms with Crippen LogP contribution in [-0.2, 0) is 14.3 Å². The molecule has 2 bridgehead atoms. The van der Waals surface area contributed by atoms with Crippen molar-refractivity contribution in [1.82, 2.24) is 0 Å². The summed E-state index contributed by atoms with van der Waals surface area (Å²) >= 11 is 0. The van der Waals surface area contributed by atoms with Gasteiger partial charge < -0.3 is 4.74 Å². The van der Waals surface area contributed by atoms with Crippen molar-refractivity contribution in [1.29, 1.82) is 0 Å². The van der Waals surface area contributed by atoms with Crippen LogP contribution in [0.5, 0.6) is 0 Å². The van der Waals surface area contributed by atoms with Crippen molar-refractivity contribution in [2.24, 2.45) is 22.7 Å². The molecule has 0 saturated heterocycles. The monoisotopic (exact) mass is 207 g/mol. The Labute approximate surface area is 88.0 Å². The maximum absolute atomic E-state index is 11.7. The SMILES string of the molecule is CCOC(=O)C1C2C=CC(C2)C1N=C=O. The van der Waals surface area contributed by atoms with Gasteiger partial charge in [0, 0.05) is 5.92 Å². The third-order valence-electron chi connectivity index (χ3n) is 3.18. The molecule has 4 atom stereocenters. The first-order chi connectivity index (χ1) is 7.27. The van der Waals surface area contributed by atoms with Crippen molar-refractivity contribution in [3.05, 3.63) is 12.2 Å². The zero-order valence-electron chi connectivity index (χ0n) is 8.55.